The molecule has 0 atom stereocenters. The first-order valence-corrected chi connectivity index (χ1v) is 13.8. The molecule has 0 radical (unpaired) electrons. The van der Waals surface area contributed by atoms with Crippen LogP contribution in [-0.2, 0) is 31.2 Å². The molecule has 0 unspecified atom stereocenters. The maximum absolute atomic E-state index is 8.52. The van der Waals surface area contributed by atoms with Gasteiger partial charge >= 0.3 is 137 Å². The minimum Gasteiger partial charge on any atom is -0.759 e. The minimum atomic E-state index is -5.17. The molecule has 0 bridgehead atoms. The smallest absolute Gasteiger partial charge is 0.759 e. The van der Waals surface area contributed by atoms with Crippen LogP contribution in [0.25, 0.3) is 0 Å². The second kappa shape index (κ2) is 28.7. The molecule has 0 aromatic carbocycles. The Balaban J connectivity index is -0.0000000712. The van der Waals surface area contributed by atoms with E-state index in [0.29, 0.717) is 0 Å². The summed E-state index contributed by atoms with van der Waals surface area (Å²) in [5.74, 6) is 0. The van der Waals surface area contributed by atoms with E-state index >= 15 is 0 Å². The molecule has 0 saturated heterocycles. The second-order valence-corrected chi connectivity index (χ2v) is 8.86. The number of hydrogen-bond donors (Lipinski definition) is 0. The molecule has 0 spiro atoms. The molecule has 30 heavy (non-hydrogen) atoms. The molecular formula is C12H25Al2NaO12S3. The van der Waals surface area contributed by atoms with Crippen LogP contribution in [0, 0.1) is 0 Å². The van der Waals surface area contributed by atoms with Gasteiger partial charge in [-0.25, -0.2) is 0 Å². The van der Waals surface area contributed by atoms with Gasteiger partial charge in [0.2, 0.25) is 0 Å². The van der Waals surface area contributed by atoms with Crippen molar-refractivity contribution in [3.8, 4) is 0 Å². The van der Waals surface area contributed by atoms with E-state index in [-0.39, 0.29) is 34.7 Å². The van der Waals surface area contributed by atoms with Crippen molar-refractivity contribution < 1.29 is 52.6 Å². The van der Waals surface area contributed by atoms with E-state index in [4.69, 9.17) is 52.6 Å². The zero-order valence-corrected chi connectivity index (χ0v) is 23.8. The van der Waals surface area contributed by atoms with Crippen molar-refractivity contribution in [1.29, 1.82) is 0 Å². The molecule has 0 aliphatic heterocycles. The van der Waals surface area contributed by atoms with Gasteiger partial charge in [-0.2, -0.15) is 0 Å². The van der Waals surface area contributed by atoms with Crippen molar-refractivity contribution in [2.75, 3.05) is 0 Å². The number of unbranched alkanes of at least 4 members (excludes halogenated alkanes) is 9. The molecular weight excluding hydrogens is 509 g/mol. The van der Waals surface area contributed by atoms with E-state index in [9.17, 15) is 0 Å². The minimum absolute atomic E-state index is 0. The fourth-order valence-electron chi connectivity index (χ4n) is 1.74. The zero-order chi connectivity index (χ0) is 23.3. The van der Waals surface area contributed by atoms with Crippen LogP contribution in [0.1, 0.15) is 71.1 Å². The molecule has 12 nitrogen and oxygen atoms in total. The van der Waals surface area contributed by atoms with Crippen LogP contribution in [-0.4, -0.2) is 115 Å². The molecule has 170 valence electrons. The Morgan fingerprint density at radius 2 is 0.667 bits per heavy atom. The molecule has 0 aliphatic rings. The van der Waals surface area contributed by atoms with E-state index in [1.165, 1.54) is 95.8 Å². The van der Waals surface area contributed by atoms with E-state index in [1.807, 2.05) is 0 Å². The van der Waals surface area contributed by atoms with Gasteiger partial charge in [0, 0.05) is 31.2 Å². The molecule has 18 heteroatoms. The van der Waals surface area contributed by atoms with E-state index in [0.717, 1.165) is 0 Å². The Labute approximate surface area is 219 Å². The molecule has 0 N–H and O–H groups in total. The van der Waals surface area contributed by atoms with Gasteiger partial charge in [0.15, 0.2) is 0 Å². The van der Waals surface area contributed by atoms with Crippen molar-refractivity contribution in [2.24, 2.45) is 0 Å². The molecule has 0 aromatic rings. The van der Waals surface area contributed by atoms with Gasteiger partial charge in [0.1, 0.15) is 0 Å². The fourth-order valence-corrected chi connectivity index (χ4v) is 2.24. The number of rotatable bonds is 10. The Kier molecular flexibility index (Phi) is 43.3. The van der Waals surface area contributed by atoms with Crippen molar-refractivity contribution in [2.45, 2.75) is 74.8 Å². The van der Waals surface area contributed by atoms with Crippen molar-refractivity contribution >= 4 is 93.8 Å². The van der Waals surface area contributed by atoms with E-state index in [1.54, 1.807) is 0 Å². The summed E-state index contributed by atoms with van der Waals surface area (Å²) in [6, 6.07) is 0. The van der Waals surface area contributed by atoms with Crippen LogP contribution in [0.15, 0.2) is 0 Å². The summed E-state index contributed by atoms with van der Waals surface area (Å²) in [4.78, 5) is 0. The molecule has 0 amide bonds. The van der Waals surface area contributed by atoms with Gasteiger partial charge in [-0.15, -0.1) is 0 Å². The maximum atomic E-state index is 8.52. The quantitative estimate of drug-likeness (QED) is 0.152. The summed E-state index contributed by atoms with van der Waals surface area (Å²) in [6.07, 6.45) is 14.7. The first-order valence-electron chi connectivity index (χ1n) is 8.41. The normalized spacial score (nSPS) is 10.4. The van der Waals surface area contributed by atoms with Gasteiger partial charge in [-0.05, 0) is 0 Å². The molecule has 0 heterocycles. The van der Waals surface area contributed by atoms with Gasteiger partial charge in [0.25, 0.3) is 0 Å². The van der Waals surface area contributed by atoms with Crippen LogP contribution in [0.5, 0.6) is 0 Å². The van der Waals surface area contributed by atoms with E-state index < -0.39 is 31.2 Å². The maximum Gasteiger partial charge on any atom is 3.00 e. The van der Waals surface area contributed by atoms with Crippen molar-refractivity contribution in [1.82, 2.24) is 0 Å². The summed E-state index contributed by atoms with van der Waals surface area (Å²) in [5, 5.41) is 0. The Bertz CT molecular complexity index is 522. The third-order valence-corrected chi connectivity index (χ3v) is 3.41. The zero-order valence-electron chi connectivity index (χ0n) is 17.1. The topological polar surface area (TPSA) is 241 Å². The first-order chi connectivity index (χ1) is 12.4. The summed E-state index contributed by atoms with van der Waals surface area (Å²) in [5.41, 5.74) is 0. The van der Waals surface area contributed by atoms with Crippen LogP contribution >= 0.6 is 0 Å². The van der Waals surface area contributed by atoms with Gasteiger partial charge in [0.05, 0.1) is 0 Å². The fraction of sp³-hybridized carbons (Fsp3) is 1.00. The average molecular weight is 534 g/mol. The Morgan fingerprint density at radius 1 is 0.500 bits per heavy atom. The third-order valence-electron chi connectivity index (χ3n) is 2.71. The summed E-state index contributed by atoms with van der Waals surface area (Å²) >= 11 is 1.41. The first kappa shape index (κ1) is 45.2. The van der Waals surface area contributed by atoms with Crippen LogP contribution in [0.3, 0.4) is 0 Å². The SMILES string of the molecule is CCCCCCCCCCC[CH2][Na].O=S(=O)([O-])[O-].O=S(=O)([O-])[O-].O=S(=O)([O-])[O-].[Al+3].[Al+3]. The van der Waals surface area contributed by atoms with Gasteiger partial charge in [-0.3, -0.25) is 25.3 Å². The predicted molar refractivity (Wildman–Crippen MR) is 105 cm³/mol. The summed E-state index contributed by atoms with van der Waals surface area (Å²) in [7, 11) is -15.5. The third kappa shape index (κ3) is 179. The molecule has 0 aliphatic carbocycles. The van der Waals surface area contributed by atoms with Gasteiger partial charge < -0.3 is 27.3 Å². The van der Waals surface area contributed by atoms with Crippen molar-refractivity contribution in [3.05, 3.63) is 0 Å². The molecule has 0 rings (SSSR count). The molecule has 0 fully saturated rings. The van der Waals surface area contributed by atoms with Crippen molar-refractivity contribution in [3.63, 3.8) is 0 Å². The largest absolute Gasteiger partial charge is 3.00 e. The molecule has 0 aromatic heterocycles. The summed E-state index contributed by atoms with van der Waals surface area (Å²) in [6.45, 7) is 2.29. The van der Waals surface area contributed by atoms with Crippen LogP contribution < -0.4 is 0 Å². The monoisotopic (exact) mass is 534 g/mol. The average Bonchev–Trinajstić information content (AvgIpc) is 2.40. The Hall–Kier alpha value is 1.67. The van der Waals surface area contributed by atoms with Crippen LogP contribution in [0.2, 0.25) is 3.67 Å². The summed E-state index contributed by atoms with van der Waals surface area (Å²) < 4.78 is 104. The standard InChI is InChI=1S/C12H25.2Al.Na.3H2O4S/c1-3-5-7-9-11-12-10-8-6-4-2;;;;3*1-5(2,3)4/h1,3-12H2,2H3;;;;3*(H2,1,2,3,4)/q;2*+3;;;;/p-6. The van der Waals surface area contributed by atoms with Crippen LogP contribution in [0.4, 0.5) is 0 Å². The van der Waals surface area contributed by atoms with E-state index in [2.05, 4.69) is 6.92 Å². The second-order valence-electron chi connectivity index (χ2n) is 5.41. The Morgan fingerprint density at radius 3 is 0.833 bits per heavy atom. The van der Waals surface area contributed by atoms with Gasteiger partial charge in [-0.1, -0.05) is 0 Å². The predicted octanol–water partition coefficient (Wildman–Crippen LogP) is -0.281. The number of hydrogen-bond acceptors (Lipinski definition) is 12. The molecule has 0 saturated carbocycles.